The molecule has 1 N–H and O–H groups in total. The zero-order valence-electron chi connectivity index (χ0n) is 10.2. The number of rotatable bonds is 0. The van der Waals surface area contributed by atoms with Gasteiger partial charge in [-0.3, -0.25) is 4.79 Å². The molecule has 3 nitrogen and oxygen atoms in total. The molecule has 0 bridgehead atoms. The lowest BCUT2D eigenvalue weighted by molar-refractivity contribution is 0.0174. The number of piperidine rings is 1. The van der Waals surface area contributed by atoms with Crippen LogP contribution >= 0.6 is 28.3 Å². The predicted octanol–water partition coefficient (Wildman–Crippen LogP) is 3.10. The minimum Gasteiger partial charge on any atom is -0.485 e. The molecule has 1 fully saturated rings. The van der Waals surface area contributed by atoms with E-state index in [9.17, 15) is 9.18 Å². The van der Waals surface area contributed by atoms with Crippen molar-refractivity contribution < 1.29 is 13.9 Å². The molecule has 0 aromatic heterocycles. The van der Waals surface area contributed by atoms with E-state index in [-0.39, 0.29) is 30.2 Å². The first-order valence-electron chi connectivity index (χ1n) is 6.02. The van der Waals surface area contributed by atoms with E-state index in [0.717, 1.165) is 25.9 Å². The van der Waals surface area contributed by atoms with Crippen molar-refractivity contribution in [3.05, 3.63) is 28.0 Å². The first kappa shape index (κ1) is 14.8. The smallest absolute Gasteiger partial charge is 0.173 e. The number of ether oxygens (including phenoxy) is 1. The second-order valence-corrected chi connectivity index (χ2v) is 5.72. The maximum Gasteiger partial charge on any atom is 0.173 e. The fourth-order valence-electron chi connectivity index (χ4n) is 2.69. The van der Waals surface area contributed by atoms with Gasteiger partial charge in [-0.05, 0) is 41.2 Å². The Morgan fingerprint density at radius 2 is 2.00 bits per heavy atom. The summed E-state index contributed by atoms with van der Waals surface area (Å²) < 4.78 is 20.4. The Balaban J connectivity index is 0.00000133. The van der Waals surface area contributed by atoms with Crippen molar-refractivity contribution >= 4 is 34.1 Å². The fraction of sp³-hybridized carbons (Fsp3) is 0.462. The quantitative estimate of drug-likeness (QED) is 0.781. The second kappa shape index (κ2) is 5.38. The van der Waals surface area contributed by atoms with Gasteiger partial charge in [-0.2, -0.15) is 0 Å². The van der Waals surface area contributed by atoms with Gasteiger partial charge in [0, 0.05) is 12.8 Å². The van der Waals surface area contributed by atoms with Gasteiger partial charge in [-0.1, -0.05) is 0 Å². The number of carbonyl (C=O) groups is 1. The Labute approximate surface area is 125 Å². The lowest BCUT2D eigenvalue weighted by Crippen LogP contribution is -2.49. The van der Waals surface area contributed by atoms with Crippen LogP contribution in [0.15, 0.2) is 16.6 Å². The predicted molar refractivity (Wildman–Crippen MR) is 75.8 cm³/mol. The van der Waals surface area contributed by atoms with E-state index in [0.29, 0.717) is 10.2 Å². The number of nitrogens with one attached hydrogen (secondary N) is 1. The topological polar surface area (TPSA) is 38.3 Å². The molecule has 2 heterocycles. The molecule has 1 aromatic rings. The highest BCUT2D eigenvalue weighted by Crippen LogP contribution is 2.42. The normalized spacial score (nSPS) is 20.4. The zero-order valence-corrected chi connectivity index (χ0v) is 12.6. The highest BCUT2D eigenvalue weighted by atomic mass is 79.9. The molecular formula is C13H14BrClFNO2. The number of benzene rings is 1. The molecule has 3 rings (SSSR count). The van der Waals surface area contributed by atoms with Gasteiger partial charge in [-0.15, -0.1) is 12.4 Å². The lowest BCUT2D eigenvalue weighted by Gasteiger charge is -2.41. The van der Waals surface area contributed by atoms with Crippen LogP contribution < -0.4 is 10.1 Å². The van der Waals surface area contributed by atoms with Crippen LogP contribution in [0.4, 0.5) is 4.39 Å². The van der Waals surface area contributed by atoms with Gasteiger partial charge in [0.1, 0.15) is 17.2 Å². The zero-order chi connectivity index (χ0) is 12.8. The summed E-state index contributed by atoms with van der Waals surface area (Å²) in [6.45, 7) is 1.66. The minimum absolute atomic E-state index is 0. The van der Waals surface area contributed by atoms with Gasteiger partial charge in [-0.25, -0.2) is 4.39 Å². The molecule has 0 saturated carbocycles. The Morgan fingerprint density at radius 1 is 1.32 bits per heavy atom. The van der Waals surface area contributed by atoms with Crippen molar-refractivity contribution in [2.24, 2.45) is 0 Å². The molecule has 2 aliphatic rings. The molecule has 19 heavy (non-hydrogen) atoms. The maximum absolute atomic E-state index is 13.7. The summed E-state index contributed by atoms with van der Waals surface area (Å²) in [5, 5.41) is 3.24. The molecule has 6 heteroatoms. The van der Waals surface area contributed by atoms with Gasteiger partial charge in [0.2, 0.25) is 0 Å². The summed E-state index contributed by atoms with van der Waals surface area (Å²) in [7, 11) is 0. The third kappa shape index (κ3) is 2.51. The maximum atomic E-state index is 13.7. The van der Waals surface area contributed by atoms with E-state index >= 15 is 0 Å². The molecule has 1 aromatic carbocycles. The van der Waals surface area contributed by atoms with Crippen molar-refractivity contribution in [2.75, 3.05) is 13.1 Å². The molecule has 0 radical (unpaired) electrons. The van der Waals surface area contributed by atoms with E-state index in [2.05, 4.69) is 21.2 Å². The minimum atomic E-state index is -0.498. The summed E-state index contributed by atoms with van der Waals surface area (Å²) in [4.78, 5) is 12.2. The molecule has 0 amide bonds. The molecule has 1 spiro atoms. The highest BCUT2D eigenvalue weighted by molar-refractivity contribution is 9.10. The summed E-state index contributed by atoms with van der Waals surface area (Å²) in [6, 6.07) is 2.88. The third-order valence-corrected chi connectivity index (χ3v) is 4.28. The van der Waals surface area contributed by atoms with Crippen molar-refractivity contribution in [1.82, 2.24) is 5.32 Å². The van der Waals surface area contributed by atoms with Gasteiger partial charge < -0.3 is 10.1 Å². The Morgan fingerprint density at radius 3 is 2.68 bits per heavy atom. The van der Waals surface area contributed by atoms with Crippen LogP contribution in [0.25, 0.3) is 0 Å². The van der Waals surface area contributed by atoms with Crippen molar-refractivity contribution in [3.8, 4) is 5.75 Å². The monoisotopic (exact) mass is 349 g/mol. The van der Waals surface area contributed by atoms with Crippen LogP contribution in [0.3, 0.4) is 0 Å². The Kier molecular flexibility index (Phi) is 4.18. The van der Waals surface area contributed by atoms with Crippen LogP contribution in [0, 0.1) is 5.82 Å². The van der Waals surface area contributed by atoms with E-state index in [1.165, 1.54) is 6.07 Å². The van der Waals surface area contributed by atoms with Crippen molar-refractivity contribution in [3.63, 3.8) is 0 Å². The van der Waals surface area contributed by atoms with Gasteiger partial charge in [0.05, 0.1) is 16.5 Å². The van der Waals surface area contributed by atoms with Gasteiger partial charge >= 0.3 is 0 Å². The standard InChI is InChI=1S/C13H13BrFNO2.ClH/c14-8-1-2-9(15)11-10(17)7-13(18-12(8)11)3-5-16-6-4-13;/h1-2,16H,3-7H2;1H. The SMILES string of the molecule is Cl.O=C1CC2(CCNCC2)Oc2c(Br)ccc(F)c21. The average molecular weight is 351 g/mol. The lowest BCUT2D eigenvalue weighted by atomic mass is 9.83. The summed E-state index contributed by atoms with van der Waals surface area (Å²) in [5.74, 6) is -0.285. The molecule has 0 atom stereocenters. The molecule has 104 valence electrons. The number of fused-ring (bicyclic) bond motifs is 1. The summed E-state index contributed by atoms with van der Waals surface area (Å²) >= 11 is 3.33. The van der Waals surface area contributed by atoms with Gasteiger partial charge in [0.25, 0.3) is 0 Å². The number of Topliss-reactive ketones (excluding diaryl/α,β-unsaturated/α-hetero) is 1. The van der Waals surface area contributed by atoms with Crippen LogP contribution in [-0.4, -0.2) is 24.5 Å². The van der Waals surface area contributed by atoms with Crippen molar-refractivity contribution in [2.45, 2.75) is 24.9 Å². The largest absolute Gasteiger partial charge is 0.485 e. The summed E-state index contributed by atoms with van der Waals surface area (Å²) in [6.07, 6.45) is 1.83. The average Bonchev–Trinajstić information content (AvgIpc) is 2.34. The molecule has 0 aliphatic carbocycles. The van der Waals surface area contributed by atoms with E-state index in [1.807, 2.05) is 0 Å². The second-order valence-electron chi connectivity index (χ2n) is 4.87. The number of hydrogen-bond acceptors (Lipinski definition) is 3. The van der Waals surface area contributed by atoms with Crippen LogP contribution in [0.5, 0.6) is 5.75 Å². The number of halogens is 3. The molecule has 0 unspecified atom stereocenters. The molecule has 1 saturated heterocycles. The molecule has 2 aliphatic heterocycles. The summed E-state index contributed by atoms with van der Waals surface area (Å²) in [5.41, 5.74) is -0.361. The fourth-order valence-corrected chi connectivity index (χ4v) is 3.10. The first-order chi connectivity index (χ1) is 8.61. The Bertz CT molecular complexity index is 518. The van der Waals surface area contributed by atoms with Crippen LogP contribution in [-0.2, 0) is 0 Å². The number of hydrogen-bond donors (Lipinski definition) is 1. The van der Waals surface area contributed by atoms with Crippen LogP contribution in [0.2, 0.25) is 0 Å². The molecular weight excluding hydrogens is 337 g/mol. The van der Waals surface area contributed by atoms with E-state index in [4.69, 9.17) is 4.74 Å². The van der Waals surface area contributed by atoms with Gasteiger partial charge in [0.15, 0.2) is 5.78 Å². The first-order valence-corrected chi connectivity index (χ1v) is 6.82. The van der Waals surface area contributed by atoms with E-state index in [1.54, 1.807) is 6.07 Å². The third-order valence-electron chi connectivity index (χ3n) is 3.65. The Hall–Kier alpha value is -0.650. The van der Waals surface area contributed by atoms with E-state index < -0.39 is 11.4 Å². The van der Waals surface area contributed by atoms with Crippen LogP contribution in [0.1, 0.15) is 29.6 Å². The van der Waals surface area contributed by atoms with Crippen molar-refractivity contribution in [1.29, 1.82) is 0 Å². The number of ketones is 1. The number of carbonyl (C=O) groups excluding carboxylic acids is 1. The highest BCUT2D eigenvalue weighted by Gasteiger charge is 2.43.